The van der Waals surface area contributed by atoms with Crippen LogP contribution in [0.1, 0.15) is 54.0 Å². The Hall–Kier alpha value is -6.96. The lowest BCUT2D eigenvalue weighted by molar-refractivity contribution is 0.616. The first kappa shape index (κ1) is 36.1. The summed E-state index contributed by atoms with van der Waals surface area (Å²) in [6, 6.07) is 76.9. The highest BCUT2D eigenvalue weighted by Crippen LogP contribution is 2.54. The molecule has 0 heterocycles. The molecule has 0 radical (unpaired) electrons. The molecule has 1 atom stereocenters. The van der Waals surface area contributed by atoms with E-state index < -0.39 is 0 Å². The molecular weight excluding hydrogens is 723 g/mol. The number of hydrogen-bond donors (Lipinski definition) is 0. The summed E-state index contributed by atoms with van der Waals surface area (Å²) in [5.41, 5.74) is 20.8. The third kappa shape index (κ3) is 6.08. The third-order valence-electron chi connectivity index (χ3n) is 13.4. The zero-order valence-electron chi connectivity index (χ0n) is 34.3. The van der Waals surface area contributed by atoms with Gasteiger partial charge in [0, 0.05) is 22.1 Å². The molecule has 9 aromatic carbocycles. The Kier molecular flexibility index (Phi) is 8.85. The van der Waals surface area contributed by atoms with Crippen molar-refractivity contribution < 1.29 is 0 Å². The van der Waals surface area contributed by atoms with Crippen LogP contribution in [-0.4, -0.2) is 0 Å². The third-order valence-corrected chi connectivity index (χ3v) is 13.4. The largest absolute Gasteiger partial charge is 0.309 e. The molecule has 1 nitrogen and oxygen atoms in total. The summed E-state index contributed by atoms with van der Waals surface area (Å²) in [4.78, 5) is 2.50. The number of nitrogens with zero attached hydrogens (tertiary/aromatic N) is 1. The second kappa shape index (κ2) is 14.7. The van der Waals surface area contributed by atoms with Crippen LogP contribution in [0.3, 0.4) is 0 Å². The minimum Gasteiger partial charge on any atom is -0.309 e. The van der Waals surface area contributed by atoms with Crippen LogP contribution in [0, 0.1) is 0 Å². The van der Waals surface area contributed by atoms with Gasteiger partial charge in [-0.2, -0.15) is 0 Å². The molecule has 2 aliphatic rings. The Morgan fingerprint density at radius 1 is 0.483 bits per heavy atom. The normalized spacial score (nSPS) is 14.5. The van der Waals surface area contributed by atoms with Crippen LogP contribution in [0.15, 0.2) is 206 Å². The molecule has 0 amide bonds. The van der Waals surface area contributed by atoms with E-state index in [2.05, 4.69) is 225 Å². The first-order valence-electron chi connectivity index (χ1n) is 21.5. The highest BCUT2D eigenvalue weighted by molar-refractivity contribution is 6.03. The molecule has 0 N–H and O–H groups in total. The highest BCUT2D eigenvalue weighted by Gasteiger charge is 2.37. The second-order valence-electron chi connectivity index (χ2n) is 17.2. The molecule has 0 fully saturated rings. The molecule has 0 bridgehead atoms. The molecule has 0 saturated heterocycles. The van der Waals surface area contributed by atoms with E-state index >= 15 is 0 Å². The fourth-order valence-electron chi connectivity index (χ4n) is 10.4. The summed E-state index contributed by atoms with van der Waals surface area (Å²) < 4.78 is 0. The maximum atomic E-state index is 2.50. The van der Waals surface area contributed by atoms with Crippen molar-refractivity contribution >= 4 is 27.8 Å². The van der Waals surface area contributed by atoms with Crippen LogP contribution in [-0.2, 0) is 18.3 Å². The van der Waals surface area contributed by atoms with Crippen LogP contribution < -0.4 is 4.90 Å². The minimum atomic E-state index is -0.0853. The number of hydrogen-bond acceptors (Lipinski definition) is 1. The van der Waals surface area contributed by atoms with Gasteiger partial charge in [0.05, 0.1) is 11.4 Å². The van der Waals surface area contributed by atoms with Gasteiger partial charge in [0.1, 0.15) is 0 Å². The predicted molar refractivity (Wildman–Crippen MR) is 254 cm³/mol. The topological polar surface area (TPSA) is 3.24 Å². The van der Waals surface area contributed by atoms with E-state index in [1.54, 1.807) is 0 Å². The number of rotatable bonds is 8. The van der Waals surface area contributed by atoms with E-state index in [1.165, 1.54) is 83.1 Å². The summed E-state index contributed by atoms with van der Waals surface area (Å²) in [6.45, 7) is 4.73. The van der Waals surface area contributed by atoms with Crippen molar-refractivity contribution in [2.45, 2.75) is 44.4 Å². The van der Waals surface area contributed by atoms with Gasteiger partial charge in [-0.05, 0) is 122 Å². The van der Waals surface area contributed by atoms with E-state index in [4.69, 9.17) is 0 Å². The number of para-hydroxylation sites is 1. The van der Waals surface area contributed by atoms with Gasteiger partial charge in [-0.1, -0.05) is 196 Å². The molecule has 1 unspecified atom stereocenters. The van der Waals surface area contributed by atoms with E-state index in [9.17, 15) is 0 Å². The summed E-state index contributed by atoms with van der Waals surface area (Å²) in [6.07, 6.45) is 3.25. The van der Waals surface area contributed by atoms with Crippen molar-refractivity contribution in [1.82, 2.24) is 0 Å². The first-order valence-corrected chi connectivity index (χ1v) is 21.5. The quantitative estimate of drug-likeness (QED) is 0.149. The molecule has 0 aromatic heterocycles. The van der Waals surface area contributed by atoms with Crippen molar-refractivity contribution in [2.24, 2.45) is 0 Å². The van der Waals surface area contributed by atoms with Crippen LogP contribution in [0.4, 0.5) is 17.1 Å². The number of benzene rings is 9. The molecule has 0 saturated carbocycles. The minimum absolute atomic E-state index is 0.0853. The van der Waals surface area contributed by atoms with E-state index in [-0.39, 0.29) is 5.41 Å². The van der Waals surface area contributed by atoms with Crippen molar-refractivity contribution in [1.29, 1.82) is 0 Å². The maximum Gasteiger partial charge on any atom is 0.0540 e. The predicted octanol–water partition coefficient (Wildman–Crippen LogP) is 15.9. The highest BCUT2D eigenvalue weighted by atomic mass is 15.1. The Morgan fingerprint density at radius 2 is 1.13 bits per heavy atom. The monoisotopic (exact) mass is 769 g/mol. The zero-order chi connectivity index (χ0) is 40.2. The molecule has 9 aromatic rings. The van der Waals surface area contributed by atoms with E-state index in [1.807, 2.05) is 0 Å². The van der Waals surface area contributed by atoms with Gasteiger partial charge in [-0.3, -0.25) is 0 Å². The van der Waals surface area contributed by atoms with Crippen LogP contribution in [0.25, 0.3) is 55.3 Å². The van der Waals surface area contributed by atoms with Gasteiger partial charge in [0.2, 0.25) is 0 Å². The van der Waals surface area contributed by atoms with Crippen molar-refractivity contribution in [3.63, 3.8) is 0 Å². The molecule has 2 aliphatic carbocycles. The molecule has 11 rings (SSSR count). The van der Waals surface area contributed by atoms with Gasteiger partial charge in [0.25, 0.3) is 0 Å². The second-order valence-corrected chi connectivity index (χ2v) is 17.2. The maximum absolute atomic E-state index is 2.50. The van der Waals surface area contributed by atoms with Gasteiger partial charge in [0.15, 0.2) is 0 Å². The molecule has 1 heteroatoms. The van der Waals surface area contributed by atoms with Crippen molar-refractivity contribution in [2.75, 3.05) is 4.90 Å². The lowest BCUT2D eigenvalue weighted by Gasteiger charge is -2.30. The van der Waals surface area contributed by atoms with E-state index in [0.717, 1.165) is 36.3 Å². The SMILES string of the molecule is CC1(C)c2ccccc2-c2c(-c3ccccc3N(c3cccc(-c4ccc5c(c4)C(CCc4ccccc4)Cc4ccccc4-5)c3)c3cccc4ccccc34)cccc21. The van der Waals surface area contributed by atoms with Crippen LogP contribution in [0.5, 0.6) is 0 Å². The summed E-state index contributed by atoms with van der Waals surface area (Å²) >= 11 is 0. The number of anilines is 3. The van der Waals surface area contributed by atoms with E-state index in [0.29, 0.717) is 5.92 Å². The summed E-state index contributed by atoms with van der Waals surface area (Å²) in [5.74, 6) is 0.444. The lowest BCUT2D eigenvalue weighted by atomic mass is 9.75. The Labute approximate surface area is 354 Å². The van der Waals surface area contributed by atoms with Gasteiger partial charge in [-0.25, -0.2) is 0 Å². The van der Waals surface area contributed by atoms with Gasteiger partial charge < -0.3 is 4.90 Å². The standard InChI is InChI=1S/C59H47N/c1-59(2)54-29-12-10-27-52(54)58-51(28-16-30-55(58)59)50-26-11-13-31-57(50)60(56-32-15-21-41-19-6-9-25-48(41)56)46-23-14-22-42(38-46)43-35-36-49-47-24-8-7-20-44(47)37-45(53(49)39-43)34-33-40-17-4-3-5-18-40/h3-32,35-36,38-39,45H,33-34,37H2,1-2H3. The number of aryl methyl sites for hydroxylation is 1. The Bertz CT molecular complexity index is 3060. The summed E-state index contributed by atoms with van der Waals surface area (Å²) in [5, 5.41) is 2.44. The first-order chi connectivity index (χ1) is 29.5. The molecule has 0 spiro atoms. The number of fused-ring (bicyclic) bond motifs is 7. The Morgan fingerprint density at radius 3 is 2.03 bits per heavy atom. The van der Waals surface area contributed by atoms with Gasteiger partial charge in [-0.15, -0.1) is 0 Å². The van der Waals surface area contributed by atoms with Crippen molar-refractivity contribution in [3.8, 4) is 44.5 Å². The fourth-order valence-corrected chi connectivity index (χ4v) is 10.4. The Balaban J connectivity index is 1.07. The fraction of sp³-hybridized carbons (Fsp3) is 0.119. The summed E-state index contributed by atoms with van der Waals surface area (Å²) in [7, 11) is 0. The lowest BCUT2D eigenvalue weighted by Crippen LogP contribution is -2.15. The van der Waals surface area contributed by atoms with Crippen LogP contribution >= 0.6 is 0 Å². The van der Waals surface area contributed by atoms with Crippen LogP contribution in [0.2, 0.25) is 0 Å². The molecule has 288 valence electrons. The van der Waals surface area contributed by atoms with Gasteiger partial charge >= 0.3 is 0 Å². The zero-order valence-corrected chi connectivity index (χ0v) is 34.3. The average Bonchev–Trinajstić information content (AvgIpc) is 3.54. The molecule has 0 aliphatic heterocycles. The molecule has 60 heavy (non-hydrogen) atoms. The van der Waals surface area contributed by atoms with Crippen molar-refractivity contribution in [3.05, 3.63) is 234 Å². The average molecular weight is 770 g/mol. The molecular formula is C59H47N. The smallest absolute Gasteiger partial charge is 0.0540 e.